The summed E-state index contributed by atoms with van der Waals surface area (Å²) in [5.41, 5.74) is 0.295. The lowest BCUT2D eigenvalue weighted by atomic mass is 9.45. The van der Waals surface area contributed by atoms with Crippen molar-refractivity contribution in [2.24, 2.45) is 52.8 Å². The van der Waals surface area contributed by atoms with Gasteiger partial charge in [-0.3, -0.25) is 19.2 Å². The minimum absolute atomic E-state index is 0.0373. The second kappa shape index (κ2) is 17.5. The van der Waals surface area contributed by atoms with Crippen molar-refractivity contribution in [1.29, 1.82) is 0 Å². The third-order valence-electron chi connectivity index (χ3n) is 14.5. The van der Waals surface area contributed by atoms with Crippen molar-refractivity contribution in [3.8, 4) is 0 Å². The molecule has 5 N–H and O–H groups in total. The minimum Gasteiger partial charge on any atom is -0.481 e. The molecule has 0 radical (unpaired) electrons. The summed E-state index contributed by atoms with van der Waals surface area (Å²) in [6.07, 6.45) is 5.53. The van der Waals surface area contributed by atoms with Crippen LogP contribution in [0.15, 0.2) is 0 Å². The normalized spacial score (nSPS) is 39.7. The predicted octanol–water partition coefficient (Wildman–Crippen LogP) is 2.45. The smallest absolute Gasteiger partial charge is 0.305 e. The minimum atomic E-state index is -0.933. The Morgan fingerprint density at radius 1 is 1.04 bits per heavy atom. The fourth-order valence-corrected chi connectivity index (χ4v) is 11.5. The highest BCUT2D eigenvalue weighted by Gasteiger charge is 2.58. The number of aliphatic carboxylic acids is 1. The Labute approximate surface area is 317 Å². The lowest BCUT2D eigenvalue weighted by Gasteiger charge is -2.62. The number of carboxylic acids is 1. The van der Waals surface area contributed by atoms with E-state index in [1.165, 1.54) is 6.42 Å². The molecular weight excluding hydrogens is 678 g/mol. The average Bonchev–Trinajstić information content (AvgIpc) is 3.46. The molecule has 0 aromatic rings. The summed E-state index contributed by atoms with van der Waals surface area (Å²) in [4.78, 5) is 50.2. The highest BCUT2D eigenvalue weighted by atomic mass is 16.7. The average molecular weight is 750 g/mol. The SMILES string of the molecule is COC1C(CN2O[C@@H](CO)[C@@H]([C@H](C)O)[C@H]2C(=O)N[C@H]2CC3C[C@@H]([C@@H]2C)C3(C)C)CCCC1C1CC(C(=O)N[C@H](CC(=O)O)CN(C)C)CC(N(C)C)C1. The first-order valence-corrected chi connectivity index (χ1v) is 20.3. The largest absolute Gasteiger partial charge is 0.481 e. The van der Waals surface area contributed by atoms with Gasteiger partial charge in [-0.1, -0.05) is 27.2 Å². The number of fused-ring (bicyclic) bond motifs is 2. The molecule has 0 aromatic carbocycles. The maximum atomic E-state index is 14.3. The molecule has 304 valence electrons. The zero-order valence-corrected chi connectivity index (χ0v) is 33.9. The van der Waals surface area contributed by atoms with Gasteiger partial charge in [0.1, 0.15) is 12.1 Å². The highest BCUT2D eigenvalue weighted by molar-refractivity contribution is 5.83. The van der Waals surface area contributed by atoms with E-state index in [4.69, 9.17) is 9.57 Å². The van der Waals surface area contributed by atoms with E-state index in [9.17, 15) is 29.7 Å². The molecule has 1 saturated heterocycles. The molecule has 7 unspecified atom stereocenters. The molecule has 6 fully saturated rings. The number of hydrogen-bond acceptors (Lipinski definition) is 10. The number of ether oxygens (including phenoxy) is 1. The lowest BCUT2D eigenvalue weighted by molar-refractivity contribution is -0.193. The predicted molar refractivity (Wildman–Crippen MR) is 201 cm³/mol. The van der Waals surface area contributed by atoms with E-state index < -0.39 is 36.2 Å². The number of rotatable bonds is 15. The van der Waals surface area contributed by atoms with E-state index in [2.05, 4.69) is 50.4 Å². The number of hydrogen-bond donors (Lipinski definition) is 5. The summed E-state index contributed by atoms with van der Waals surface area (Å²) in [5.74, 6) is -0.0381. The Balaban J connectivity index is 1.32. The molecule has 13 heteroatoms. The van der Waals surface area contributed by atoms with E-state index >= 15 is 0 Å². The van der Waals surface area contributed by atoms with Crippen molar-refractivity contribution in [1.82, 2.24) is 25.5 Å². The quantitative estimate of drug-likeness (QED) is 0.167. The van der Waals surface area contributed by atoms with Gasteiger partial charge in [0.2, 0.25) is 11.8 Å². The number of carboxylic acid groups (broad SMARTS) is 1. The number of carbonyl (C=O) groups excluding carboxylic acids is 2. The fourth-order valence-electron chi connectivity index (χ4n) is 11.5. The van der Waals surface area contributed by atoms with Crippen LogP contribution in [-0.2, 0) is 24.0 Å². The Morgan fingerprint density at radius 2 is 1.75 bits per heavy atom. The van der Waals surface area contributed by atoms with Crippen molar-refractivity contribution in [3.63, 3.8) is 0 Å². The molecule has 0 spiro atoms. The molecular formula is C40H71N5O8. The van der Waals surface area contributed by atoms with E-state index in [0.717, 1.165) is 32.1 Å². The first kappa shape index (κ1) is 42.3. The monoisotopic (exact) mass is 750 g/mol. The van der Waals surface area contributed by atoms with E-state index in [1.807, 2.05) is 19.0 Å². The van der Waals surface area contributed by atoms with Crippen LogP contribution in [0.3, 0.4) is 0 Å². The van der Waals surface area contributed by atoms with E-state index in [-0.39, 0.29) is 66.7 Å². The maximum Gasteiger partial charge on any atom is 0.305 e. The van der Waals surface area contributed by atoms with Gasteiger partial charge in [0.15, 0.2) is 0 Å². The van der Waals surface area contributed by atoms with Crippen LogP contribution >= 0.6 is 0 Å². The molecule has 53 heavy (non-hydrogen) atoms. The van der Waals surface area contributed by atoms with Crippen LogP contribution in [0.1, 0.15) is 85.5 Å². The van der Waals surface area contributed by atoms with Crippen molar-refractivity contribution in [2.75, 3.05) is 55.0 Å². The number of nitrogens with zero attached hydrogens (tertiary/aromatic N) is 3. The molecule has 13 nitrogen and oxygen atoms in total. The van der Waals surface area contributed by atoms with Crippen LogP contribution in [0, 0.1) is 52.8 Å². The van der Waals surface area contributed by atoms with Crippen molar-refractivity contribution >= 4 is 17.8 Å². The molecule has 6 rings (SSSR count). The molecule has 0 aromatic heterocycles. The Morgan fingerprint density at radius 3 is 2.32 bits per heavy atom. The Kier molecular flexibility index (Phi) is 14.0. The first-order chi connectivity index (χ1) is 25.0. The summed E-state index contributed by atoms with van der Waals surface area (Å²) in [6, 6.07) is -0.958. The molecule has 2 bridgehead atoms. The summed E-state index contributed by atoms with van der Waals surface area (Å²) in [6.45, 7) is 9.21. The Bertz CT molecular complexity index is 1270. The topological polar surface area (TPSA) is 164 Å². The van der Waals surface area contributed by atoms with Crippen molar-refractivity contribution in [3.05, 3.63) is 0 Å². The van der Waals surface area contributed by atoms with E-state index in [1.54, 1.807) is 19.1 Å². The second-order valence-electron chi connectivity index (χ2n) is 18.7. The van der Waals surface area contributed by atoms with Crippen LogP contribution in [0.5, 0.6) is 0 Å². The standard InChI is InChI=1S/C40H71N5O8/c1-22-31-16-27(40(31,3)4)17-32(22)42-39(51)36-35(23(2)47)33(21-46)53-45(36)19-24-11-10-12-30(37(24)52-9)25-13-26(15-29(14-25)44(7)8)38(50)41-28(18-34(48)49)20-43(5)6/h22-33,35-37,46-47H,10-21H2,1-9H3,(H,41,50)(H,42,51)(H,48,49)/t22-,23-,24?,25?,26?,27?,28+,29?,30?,31-,32-,33-,35+,36-,37?/m0/s1. The molecule has 2 amide bonds. The van der Waals surface area contributed by atoms with Gasteiger partial charge in [-0.25, -0.2) is 0 Å². The molecule has 5 saturated carbocycles. The van der Waals surface area contributed by atoms with Crippen LogP contribution in [0.2, 0.25) is 0 Å². The van der Waals surface area contributed by atoms with Crippen LogP contribution in [-0.4, -0.2) is 145 Å². The number of aliphatic hydroxyl groups is 2. The van der Waals surface area contributed by atoms with Gasteiger partial charge in [0.05, 0.1) is 31.3 Å². The summed E-state index contributed by atoms with van der Waals surface area (Å²) in [5, 5.41) is 39.1. The molecule has 15 atom stereocenters. The summed E-state index contributed by atoms with van der Waals surface area (Å²) >= 11 is 0. The Hall–Kier alpha value is -1.87. The lowest BCUT2D eigenvalue weighted by Crippen LogP contribution is -2.62. The van der Waals surface area contributed by atoms with Crippen LogP contribution < -0.4 is 10.6 Å². The number of aliphatic hydroxyl groups excluding tert-OH is 2. The van der Waals surface area contributed by atoms with Crippen LogP contribution in [0.4, 0.5) is 0 Å². The highest BCUT2D eigenvalue weighted by Crippen LogP contribution is 2.61. The number of amides is 2. The number of methoxy groups -OCH3 is 1. The van der Waals surface area contributed by atoms with Crippen molar-refractivity contribution < 1.29 is 39.3 Å². The molecule has 6 aliphatic rings. The maximum absolute atomic E-state index is 14.3. The van der Waals surface area contributed by atoms with Gasteiger partial charge in [-0.2, -0.15) is 5.06 Å². The summed E-state index contributed by atoms with van der Waals surface area (Å²) in [7, 11) is 9.62. The van der Waals surface area contributed by atoms with Gasteiger partial charge in [-0.05, 0) is 115 Å². The first-order valence-electron chi connectivity index (χ1n) is 20.3. The van der Waals surface area contributed by atoms with Gasteiger partial charge in [-0.15, -0.1) is 0 Å². The second-order valence-corrected chi connectivity index (χ2v) is 18.7. The van der Waals surface area contributed by atoms with Crippen molar-refractivity contribution in [2.45, 2.75) is 128 Å². The van der Waals surface area contributed by atoms with Gasteiger partial charge >= 0.3 is 5.97 Å². The van der Waals surface area contributed by atoms with Gasteiger partial charge < -0.3 is 40.5 Å². The third-order valence-corrected chi connectivity index (χ3v) is 14.5. The van der Waals surface area contributed by atoms with E-state index in [0.29, 0.717) is 49.1 Å². The number of nitrogens with one attached hydrogen (secondary N) is 2. The van der Waals surface area contributed by atoms with Gasteiger partial charge in [0, 0.05) is 50.0 Å². The zero-order chi connectivity index (χ0) is 38.9. The number of carbonyl (C=O) groups is 3. The molecule has 1 heterocycles. The van der Waals surface area contributed by atoms with Crippen LogP contribution in [0.25, 0.3) is 0 Å². The van der Waals surface area contributed by atoms with Gasteiger partial charge in [0.25, 0.3) is 0 Å². The number of hydroxylamine groups is 2. The fraction of sp³-hybridized carbons (Fsp3) is 0.925. The number of likely N-dealkylation sites (N-methyl/N-ethyl adjacent to an activating group) is 1. The summed E-state index contributed by atoms with van der Waals surface area (Å²) < 4.78 is 6.35. The molecule has 5 aliphatic carbocycles. The zero-order valence-electron chi connectivity index (χ0n) is 33.9. The third kappa shape index (κ3) is 9.24. The molecule has 1 aliphatic heterocycles.